The van der Waals surface area contributed by atoms with Crippen molar-refractivity contribution in [1.82, 2.24) is 0 Å². The number of epoxide rings is 1. The first-order valence-corrected chi connectivity index (χ1v) is 2.60. The molecule has 2 rings (SSSR count). The summed E-state index contributed by atoms with van der Waals surface area (Å²) < 4.78 is 9.83. The van der Waals surface area contributed by atoms with E-state index in [-0.39, 0.29) is 0 Å². The van der Waals surface area contributed by atoms with Crippen molar-refractivity contribution in [1.29, 1.82) is 0 Å². The van der Waals surface area contributed by atoms with Crippen LogP contribution in [0.3, 0.4) is 0 Å². The number of furan rings is 1. The SMILES string of the molecule is c1cc(C2CO2)co1. The van der Waals surface area contributed by atoms with Gasteiger partial charge < -0.3 is 9.15 Å². The number of hydrogen-bond donors (Lipinski definition) is 0. The summed E-state index contributed by atoms with van der Waals surface area (Å²) in [5, 5.41) is 0. The Balaban J connectivity index is 2.28. The molecule has 1 aliphatic heterocycles. The van der Waals surface area contributed by atoms with E-state index in [9.17, 15) is 0 Å². The fraction of sp³-hybridized carbons (Fsp3) is 0.333. The molecule has 1 aliphatic rings. The standard InChI is InChI=1S/C6H6O2/c1-2-7-3-5(1)6-4-8-6/h1-3,6H,4H2. The quantitative estimate of drug-likeness (QED) is 0.510. The Morgan fingerprint density at radius 1 is 1.62 bits per heavy atom. The monoisotopic (exact) mass is 110 g/mol. The van der Waals surface area contributed by atoms with Crippen molar-refractivity contribution in [2.24, 2.45) is 0 Å². The molecule has 2 heterocycles. The summed E-state index contributed by atoms with van der Waals surface area (Å²) in [4.78, 5) is 0. The van der Waals surface area contributed by atoms with E-state index >= 15 is 0 Å². The molecular weight excluding hydrogens is 104 g/mol. The van der Waals surface area contributed by atoms with Crippen molar-refractivity contribution in [2.75, 3.05) is 6.61 Å². The largest absolute Gasteiger partial charge is 0.472 e. The van der Waals surface area contributed by atoms with Crippen molar-refractivity contribution >= 4 is 0 Å². The summed E-state index contributed by atoms with van der Waals surface area (Å²) in [5.74, 6) is 0. The van der Waals surface area contributed by atoms with E-state index in [1.54, 1.807) is 12.5 Å². The summed E-state index contributed by atoms with van der Waals surface area (Å²) in [6.07, 6.45) is 3.73. The summed E-state index contributed by atoms with van der Waals surface area (Å²) in [6, 6.07) is 1.93. The van der Waals surface area contributed by atoms with Crippen molar-refractivity contribution in [2.45, 2.75) is 6.10 Å². The lowest BCUT2D eigenvalue weighted by molar-refractivity contribution is 0.413. The minimum atomic E-state index is 0.341. The first-order valence-electron chi connectivity index (χ1n) is 2.60. The van der Waals surface area contributed by atoms with E-state index in [0.29, 0.717) is 6.10 Å². The van der Waals surface area contributed by atoms with Gasteiger partial charge in [0, 0.05) is 5.56 Å². The highest BCUT2D eigenvalue weighted by Gasteiger charge is 2.25. The third-order valence-corrected chi connectivity index (χ3v) is 1.25. The summed E-state index contributed by atoms with van der Waals surface area (Å²) in [6.45, 7) is 0.861. The molecule has 0 N–H and O–H groups in total. The van der Waals surface area contributed by atoms with Gasteiger partial charge in [-0.2, -0.15) is 0 Å². The Kier molecular flexibility index (Phi) is 0.704. The first kappa shape index (κ1) is 4.15. The van der Waals surface area contributed by atoms with Crippen LogP contribution in [0.5, 0.6) is 0 Å². The van der Waals surface area contributed by atoms with E-state index in [1.807, 2.05) is 6.07 Å². The van der Waals surface area contributed by atoms with E-state index in [2.05, 4.69) is 0 Å². The second-order valence-electron chi connectivity index (χ2n) is 1.88. The minimum Gasteiger partial charge on any atom is -0.472 e. The molecule has 0 aromatic carbocycles. The van der Waals surface area contributed by atoms with Gasteiger partial charge in [-0.1, -0.05) is 0 Å². The van der Waals surface area contributed by atoms with Gasteiger partial charge in [0.1, 0.15) is 6.10 Å². The van der Waals surface area contributed by atoms with Crippen LogP contribution < -0.4 is 0 Å². The van der Waals surface area contributed by atoms with E-state index in [0.717, 1.165) is 12.2 Å². The van der Waals surface area contributed by atoms with Crippen LogP contribution in [-0.4, -0.2) is 6.61 Å². The molecule has 0 spiro atoms. The van der Waals surface area contributed by atoms with Gasteiger partial charge >= 0.3 is 0 Å². The lowest BCUT2D eigenvalue weighted by Gasteiger charge is -1.77. The van der Waals surface area contributed by atoms with Crippen molar-refractivity contribution < 1.29 is 9.15 Å². The summed E-state index contributed by atoms with van der Waals surface area (Å²) in [7, 11) is 0. The Morgan fingerprint density at radius 2 is 2.50 bits per heavy atom. The Labute approximate surface area is 47.1 Å². The average Bonchev–Trinajstić information content (AvgIpc) is 2.49. The van der Waals surface area contributed by atoms with Gasteiger partial charge in [-0.3, -0.25) is 0 Å². The van der Waals surface area contributed by atoms with E-state index < -0.39 is 0 Å². The van der Waals surface area contributed by atoms with Crippen molar-refractivity contribution in [3.8, 4) is 0 Å². The smallest absolute Gasteiger partial charge is 0.109 e. The second kappa shape index (κ2) is 1.36. The molecule has 0 amide bonds. The van der Waals surface area contributed by atoms with Gasteiger partial charge in [0.2, 0.25) is 0 Å². The second-order valence-corrected chi connectivity index (χ2v) is 1.88. The normalized spacial score (nSPS) is 25.8. The predicted octanol–water partition coefficient (Wildman–Crippen LogP) is 1.35. The topological polar surface area (TPSA) is 25.7 Å². The van der Waals surface area contributed by atoms with Gasteiger partial charge in [0.05, 0.1) is 19.1 Å². The van der Waals surface area contributed by atoms with Crippen LogP contribution in [-0.2, 0) is 4.74 Å². The molecule has 1 saturated heterocycles. The van der Waals surface area contributed by atoms with Crippen molar-refractivity contribution in [3.63, 3.8) is 0 Å². The van der Waals surface area contributed by atoms with Crippen LogP contribution in [0.15, 0.2) is 23.0 Å². The highest BCUT2D eigenvalue weighted by molar-refractivity contribution is 5.12. The van der Waals surface area contributed by atoms with Crippen LogP contribution in [0.1, 0.15) is 11.7 Å². The molecule has 2 heteroatoms. The van der Waals surface area contributed by atoms with Gasteiger partial charge in [0.15, 0.2) is 0 Å². The fourth-order valence-corrected chi connectivity index (χ4v) is 0.699. The Bertz CT molecular complexity index is 163. The van der Waals surface area contributed by atoms with E-state index in [1.165, 1.54) is 0 Å². The first-order chi connectivity index (χ1) is 3.97. The maximum absolute atomic E-state index is 4.99. The summed E-state index contributed by atoms with van der Waals surface area (Å²) in [5.41, 5.74) is 1.16. The van der Waals surface area contributed by atoms with Gasteiger partial charge in [-0.25, -0.2) is 0 Å². The molecule has 1 aromatic rings. The molecule has 1 aromatic heterocycles. The average molecular weight is 110 g/mol. The zero-order valence-corrected chi connectivity index (χ0v) is 4.33. The molecule has 1 unspecified atom stereocenters. The van der Waals surface area contributed by atoms with Crippen LogP contribution in [0.2, 0.25) is 0 Å². The van der Waals surface area contributed by atoms with Crippen LogP contribution in [0.25, 0.3) is 0 Å². The van der Waals surface area contributed by atoms with E-state index in [4.69, 9.17) is 9.15 Å². The fourth-order valence-electron chi connectivity index (χ4n) is 0.699. The number of rotatable bonds is 1. The van der Waals surface area contributed by atoms with Gasteiger partial charge in [0.25, 0.3) is 0 Å². The van der Waals surface area contributed by atoms with Crippen LogP contribution in [0, 0.1) is 0 Å². The molecule has 8 heavy (non-hydrogen) atoms. The minimum absolute atomic E-state index is 0.341. The zero-order valence-electron chi connectivity index (χ0n) is 4.33. The molecule has 0 bridgehead atoms. The molecule has 0 radical (unpaired) electrons. The number of hydrogen-bond acceptors (Lipinski definition) is 2. The van der Waals surface area contributed by atoms with Gasteiger partial charge in [-0.05, 0) is 6.07 Å². The molecule has 0 saturated carbocycles. The lowest BCUT2D eigenvalue weighted by atomic mass is 10.3. The maximum atomic E-state index is 4.99. The Morgan fingerprint density at radius 3 is 3.00 bits per heavy atom. The maximum Gasteiger partial charge on any atom is 0.109 e. The Hall–Kier alpha value is -0.760. The lowest BCUT2D eigenvalue weighted by Crippen LogP contribution is -1.68. The van der Waals surface area contributed by atoms with Crippen LogP contribution in [0.4, 0.5) is 0 Å². The van der Waals surface area contributed by atoms with Crippen molar-refractivity contribution in [3.05, 3.63) is 24.2 Å². The molecule has 42 valence electrons. The summed E-state index contributed by atoms with van der Waals surface area (Å²) >= 11 is 0. The third-order valence-electron chi connectivity index (χ3n) is 1.25. The highest BCUT2D eigenvalue weighted by atomic mass is 16.6. The molecular formula is C6H6O2. The van der Waals surface area contributed by atoms with Crippen LogP contribution >= 0.6 is 0 Å². The zero-order chi connectivity index (χ0) is 5.40. The molecule has 1 fully saturated rings. The third kappa shape index (κ3) is 0.537. The molecule has 1 atom stereocenters. The highest BCUT2D eigenvalue weighted by Crippen LogP contribution is 2.29. The molecule has 2 nitrogen and oxygen atoms in total. The number of ether oxygens (including phenoxy) is 1. The molecule has 0 aliphatic carbocycles. The predicted molar refractivity (Wildman–Crippen MR) is 27.4 cm³/mol. The van der Waals surface area contributed by atoms with Gasteiger partial charge in [-0.15, -0.1) is 0 Å².